The zero-order chi connectivity index (χ0) is 20.6. The van der Waals surface area contributed by atoms with Crippen LogP contribution in [0.25, 0.3) is 0 Å². The van der Waals surface area contributed by atoms with Crippen molar-refractivity contribution in [1.29, 1.82) is 0 Å². The molecule has 29 heavy (non-hydrogen) atoms. The molecule has 1 aromatic carbocycles. The first-order valence-electron chi connectivity index (χ1n) is 10.9. The summed E-state index contributed by atoms with van der Waals surface area (Å²) in [5.41, 5.74) is 0.926. The fourth-order valence-electron chi connectivity index (χ4n) is 4.49. The Morgan fingerprint density at radius 1 is 1.03 bits per heavy atom. The number of amides is 2. The molecule has 6 heteroatoms. The molecule has 1 N–H and O–H groups in total. The molecule has 160 valence electrons. The van der Waals surface area contributed by atoms with E-state index < -0.39 is 0 Å². The minimum atomic E-state index is 0.0555. The first-order chi connectivity index (χ1) is 14.1. The van der Waals surface area contributed by atoms with E-state index in [9.17, 15) is 9.59 Å². The van der Waals surface area contributed by atoms with E-state index in [1.54, 1.807) is 14.2 Å². The van der Waals surface area contributed by atoms with Crippen LogP contribution in [0.1, 0.15) is 56.9 Å². The van der Waals surface area contributed by atoms with Crippen LogP contribution >= 0.6 is 0 Å². The third-order valence-electron chi connectivity index (χ3n) is 6.32. The predicted octanol–water partition coefficient (Wildman–Crippen LogP) is 3.53. The fourth-order valence-corrected chi connectivity index (χ4v) is 4.49. The number of nitrogens with zero attached hydrogens (tertiary/aromatic N) is 1. The number of nitrogens with one attached hydrogen (secondary N) is 1. The lowest BCUT2D eigenvalue weighted by atomic mass is 9.87. The Labute approximate surface area is 173 Å². The molecule has 0 radical (unpaired) electrons. The summed E-state index contributed by atoms with van der Waals surface area (Å²) in [6, 6.07) is 5.59. The Kier molecular flexibility index (Phi) is 7.78. The van der Waals surface area contributed by atoms with Gasteiger partial charge in [0.15, 0.2) is 0 Å². The van der Waals surface area contributed by atoms with Crippen LogP contribution in [0.2, 0.25) is 0 Å². The number of piperidine rings is 1. The topological polar surface area (TPSA) is 67.9 Å². The summed E-state index contributed by atoms with van der Waals surface area (Å²) in [6.45, 7) is 2.02. The molecule has 3 rings (SSSR count). The van der Waals surface area contributed by atoms with Gasteiger partial charge in [-0.05, 0) is 43.7 Å². The average Bonchev–Trinajstić information content (AvgIpc) is 2.78. The SMILES string of the molecule is COc1ccc(CNC(=O)CC2CCN(C(=O)C3CCCCC3)CC2)c(OC)c1. The molecule has 2 amide bonds. The number of hydrogen-bond acceptors (Lipinski definition) is 4. The van der Waals surface area contributed by atoms with Gasteiger partial charge in [0.1, 0.15) is 11.5 Å². The molecule has 0 atom stereocenters. The van der Waals surface area contributed by atoms with E-state index >= 15 is 0 Å². The Balaban J connectivity index is 1.41. The monoisotopic (exact) mass is 402 g/mol. The van der Waals surface area contributed by atoms with Gasteiger partial charge in [-0.25, -0.2) is 0 Å². The van der Waals surface area contributed by atoms with Gasteiger partial charge in [-0.1, -0.05) is 19.3 Å². The van der Waals surface area contributed by atoms with Crippen molar-refractivity contribution in [3.63, 3.8) is 0 Å². The van der Waals surface area contributed by atoms with Crippen LogP contribution in [0.3, 0.4) is 0 Å². The highest BCUT2D eigenvalue weighted by atomic mass is 16.5. The van der Waals surface area contributed by atoms with E-state index in [0.29, 0.717) is 30.5 Å². The normalized spacial score (nSPS) is 18.3. The molecule has 2 fully saturated rings. The summed E-state index contributed by atoms with van der Waals surface area (Å²) in [4.78, 5) is 27.1. The second-order valence-electron chi connectivity index (χ2n) is 8.26. The number of carbonyl (C=O) groups excluding carboxylic acids is 2. The van der Waals surface area contributed by atoms with Gasteiger partial charge < -0.3 is 19.7 Å². The van der Waals surface area contributed by atoms with Gasteiger partial charge in [-0.3, -0.25) is 9.59 Å². The van der Waals surface area contributed by atoms with Gasteiger partial charge in [0.2, 0.25) is 11.8 Å². The smallest absolute Gasteiger partial charge is 0.225 e. The fraction of sp³-hybridized carbons (Fsp3) is 0.652. The first kappa shape index (κ1) is 21.5. The van der Waals surface area contributed by atoms with Crippen molar-refractivity contribution in [3.05, 3.63) is 23.8 Å². The molecule has 1 aromatic rings. The number of benzene rings is 1. The van der Waals surface area contributed by atoms with Gasteiger partial charge in [-0.15, -0.1) is 0 Å². The summed E-state index contributed by atoms with van der Waals surface area (Å²) >= 11 is 0. The maximum absolute atomic E-state index is 12.7. The van der Waals surface area contributed by atoms with Crippen molar-refractivity contribution in [2.24, 2.45) is 11.8 Å². The van der Waals surface area contributed by atoms with Crippen molar-refractivity contribution in [2.75, 3.05) is 27.3 Å². The van der Waals surface area contributed by atoms with Gasteiger partial charge in [0.05, 0.1) is 14.2 Å². The highest BCUT2D eigenvalue weighted by Crippen LogP contribution is 2.28. The summed E-state index contributed by atoms with van der Waals surface area (Å²) in [7, 11) is 3.23. The lowest BCUT2D eigenvalue weighted by molar-refractivity contribution is -0.138. The zero-order valence-electron chi connectivity index (χ0n) is 17.7. The lowest BCUT2D eigenvalue weighted by Crippen LogP contribution is -2.43. The second kappa shape index (κ2) is 10.5. The van der Waals surface area contributed by atoms with Crippen LogP contribution in [-0.2, 0) is 16.1 Å². The molecular formula is C23H34N2O4. The Morgan fingerprint density at radius 3 is 2.41 bits per heavy atom. The van der Waals surface area contributed by atoms with Crippen molar-refractivity contribution < 1.29 is 19.1 Å². The average molecular weight is 403 g/mol. The van der Waals surface area contributed by atoms with E-state index in [0.717, 1.165) is 50.1 Å². The van der Waals surface area contributed by atoms with E-state index in [2.05, 4.69) is 5.32 Å². The molecule has 0 aromatic heterocycles. The van der Waals surface area contributed by atoms with Crippen LogP contribution in [0.5, 0.6) is 11.5 Å². The van der Waals surface area contributed by atoms with Crippen LogP contribution in [-0.4, -0.2) is 44.0 Å². The maximum Gasteiger partial charge on any atom is 0.225 e. The van der Waals surface area contributed by atoms with Gasteiger partial charge in [0, 0.05) is 43.6 Å². The lowest BCUT2D eigenvalue weighted by Gasteiger charge is -2.35. The van der Waals surface area contributed by atoms with Gasteiger partial charge >= 0.3 is 0 Å². The third-order valence-corrected chi connectivity index (χ3v) is 6.32. The molecule has 6 nitrogen and oxygen atoms in total. The molecule has 0 bridgehead atoms. The van der Waals surface area contributed by atoms with E-state index in [-0.39, 0.29) is 11.8 Å². The molecule has 0 unspecified atom stereocenters. The molecular weight excluding hydrogens is 368 g/mol. The van der Waals surface area contributed by atoms with Crippen LogP contribution in [0.4, 0.5) is 0 Å². The van der Waals surface area contributed by atoms with Crippen LogP contribution in [0.15, 0.2) is 18.2 Å². The second-order valence-corrected chi connectivity index (χ2v) is 8.26. The number of rotatable bonds is 7. The standard InChI is InChI=1S/C23H34N2O4/c1-28-20-9-8-19(21(15-20)29-2)16-24-22(26)14-17-10-12-25(13-11-17)23(27)18-6-4-3-5-7-18/h8-9,15,17-18H,3-7,10-14,16H2,1-2H3,(H,24,26). The largest absolute Gasteiger partial charge is 0.497 e. The first-order valence-corrected chi connectivity index (χ1v) is 10.9. The highest BCUT2D eigenvalue weighted by molar-refractivity contribution is 5.79. The van der Waals surface area contributed by atoms with E-state index in [1.807, 2.05) is 23.1 Å². The predicted molar refractivity (Wildman–Crippen MR) is 112 cm³/mol. The quantitative estimate of drug-likeness (QED) is 0.758. The highest BCUT2D eigenvalue weighted by Gasteiger charge is 2.29. The zero-order valence-corrected chi connectivity index (χ0v) is 17.7. The number of carbonyl (C=O) groups is 2. The van der Waals surface area contributed by atoms with Gasteiger partial charge in [0.25, 0.3) is 0 Å². The van der Waals surface area contributed by atoms with E-state index in [1.165, 1.54) is 19.3 Å². The van der Waals surface area contributed by atoms with Crippen molar-refractivity contribution >= 4 is 11.8 Å². The van der Waals surface area contributed by atoms with E-state index in [4.69, 9.17) is 9.47 Å². The minimum absolute atomic E-state index is 0.0555. The number of methoxy groups -OCH3 is 2. The van der Waals surface area contributed by atoms with Crippen molar-refractivity contribution in [3.8, 4) is 11.5 Å². The Hall–Kier alpha value is -2.24. The summed E-state index contributed by atoms with van der Waals surface area (Å²) in [6.07, 6.45) is 8.09. The molecule has 1 saturated heterocycles. The molecule has 1 heterocycles. The van der Waals surface area contributed by atoms with Crippen molar-refractivity contribution in [2.45, 2.75) is 57.9 Å². The number of likely N-dealkylation sites (tertiary alicyclic amines) is 1. The Morgan fingerprint density at radius 2 is 1.76 bits per heavy atom. The maximum atomic E-state index is 12.7. The summed E-state index contributed by atoms with van der Waals surface area (Å²) in [5.74, 6) is 2.43. The van der Waals surface area contributed by atoms with Crippen LogP contribution in [0, 0.1) is 11.8 Å². The van der Waals surface area contributed by atoms with Gasteiger partial charge in [-0.2, -0.15) is 0 Å². The summed E-state index contributed by atoms with van der Waals surface area (Å²) < 4.78 is 10.6. The minimum Gasteiger partial charge on any atom is -0.497 e. The summed E-state index contributed by atoms with van der Waals surface area (Å²) in [5, 5.41) is 3.00. The van der Waals surface area contributed by atoms with Crippen molar-refractivity contribution in [1.82, 2.24) is 10.2 Å². The Bertz CT molecular complexity index is 692. The van der Waals surface area contributed by atoms with Crippen LogP contribution < -0.4 is 14.8 Å². The molecule has 1 aliphatic heterocycles. The molecule has 0 spiro atoms. The number of ether oxygens (including phenoxy) is 2. The molecule has 1 aliphatic carbocycles. The number of hydrogen-bond donors (Lipinski definition) is 1. The molecule has 1 saturated carbocycles. The third kappa shape index (κ3) is 5.87. The molecule has 2 aliphatic rings.